The molecule has 0 saturated heterocycles. The van der Waals surface area contributed by atoms with Gasteiger partial charge < -0.3 is 10.2 Å². The second-order valence-corrected chi connectivity index (χ2v) is 12.4. The third-order valence-electron chi connectivity index (χ3n) is 11.0. The fraction of sp³-hybridized carbons (Fsp3) is 0.889. The van der Waals surface area contributed by atoms with Crippen molar-refractivity contribution in [2.45, 2.75) is 110 Å². The van der Waals surface area contributed by atoms with E-state index < -0.39 is 5.60 Å². The van der Waals surface area contributed by atoms with Gasteiger partial charge in [-0.2, -0.15) is 0 Å². The largest absolute Gasteiger partial charge is 0.393 e. The van der Waals surface area contributed by atoms with Gasteiger partial charge in [-0.05, 0) is 118 Å². The first-order valence-electron chi connectivity index (χ1n) is 12.9. The minimum Gasteiger partial charge on any atom is -0.393 e. The highest BCUT2D eigenvalue weighted by atomic mass is 16.3. The molecular formula is C27H43NO2. The maximum Gasteiger partial charge on any atom is 0.0656 e. The van der Waals surface area contributed by atoms with E-state index in [1.165, 1.54) is 50.6 Å². The highest BCUT2D eigenvalue weighted by Gasteiger charge is 2.62. The Morgan fingerprint density at radius 2 is 1.80 bits per heavy atom. The van der Waals surface area contributed by atoms with Gasteiger partial charge in [-0.3, -0.25) is 4.99 Å². The van der Waals surface area contributed by atoms with Crippen molar-refractivity contribution in [1.82, 2.24) is 0 Å². The number of aliphatic hydroxyl groups excluding tert-OH is 1. The van der Waals surface area contributed by atoms with Gasteiger partial charge in [-0.15, -0.1) is 0 Å². The van der Waals surface area contributed by atoms with Crippen LogP contribution in [-0.4, -0.2) is 28.1 Å². The number of hydrogen-bond donors (Lipinski definition) is 2. The zero-order chi connectivity index (χ0) is 21.1. The first kappa shape index (κ1) is 21.2. The fourth-order valence-electron chi connectivity index (χ4n) is 9.39. The van der Waals surface area contributed by atoms with Gasteiger partial charge >= 0.3 is 0 Å². The van der Waals surface area contributed by atoms with Crippen LogP contribution in [0.3, 0.4) is 0 Å². The molecule has 168 valence electrons. The zero-order valence-electron chi connectivity index (χ0n) is 19.4. The quantitative estimate of drug-likeness (QED) is 0.603. The van der Waals surface area contributed by atoms with Crippen molar-refractivity contribution in [3.05, 3.63) is 11.8 Å². The van der Waals surface area contributed by atoms with E-state index in [1.54, 1.807) is 0 Å². The molecule has 0 spiro atoms. The van der Waals surface area contributed by atoms with Crippen LogP contribution in [0.4, 0.5) is 0 Å². The maximum atomic E-state index is 11.6. The monoisotopic (exact) mass is 413 g/mol. The molecule has 4 saturated carbocycles. The summed E-state index contributed by atoms with van der Waals surface area (Å²) in [5.74, 6) is 3.60. The summed E-state index contributed by atoms with van der Waals surface area (Å²) >= 11 is 0. The molecule has 0 bridgehead atoms. The van der Waals surface area contributed by atoms with Gasteiger partial charge in [-0.1, -0.05) is 19.9 Å². The van der Waals surface area contributed by atoms with Crippen LogP contribution < -0.4 is 0 Å². The topological polar surface area (TPSA) is 52.8 Å². The van der Waals surface area contributed by atoms with Crippen molar-refractivity contribution < 1.29 is 10.2 Å². The summed E-state index contributed by atoms with van der Waals surface area (Å²) in [6, 6.07) is 0. The summed E-state index contributed by atoms with van der Waals surface area (Å²) in [5.41, 5.74) is 1.31. The number of aliphatic imine (C=N–C) groups is 1. The molecule has 0 aromatic heterocycles. The Kier molecular flexibility index (Phi) is 5.26. The molecule has 4 aliphatic carbocycles. The van der Waals surface area contributed by atoms with Gasteiger partial charge in [0.05, 0.1) is 11.7 Å². The third kappa shape index (κ3) is 3.25. The molecule has 0 amide bonds. The molecule has 1 heterocycles. The fourth-order valence-corrected chi connectivity index (χ4v) is 9.39. The van der Waals surface area contributed by atoms with Gasteiger partial charge in [0.1, 0.15) is 0 Å². The van der Waals surface area contributed by atoms with Gasteiger partial charge in [0.15, 0.2) is 0 Å². The average molecular weight is 414 g/mol. The number of allylic oxidation sites excluding steroid dienone is 2. The lowest BCUT2D eigenvalue weighted by Gasteiger charge is -2.61. The van der Waals surface area contributed by atoms with Gasteiger partial charge in [0.2, 0.25) is 0 Å². The molecular weight excluding hydrogens is 370 g/mol. The Morgan fingerprint density at radius 3 is 2.57 bits per heavy atom. The van der Waals surface area contributed by atoms with Gasteiger partial charge in [0.25, 0.3) is 0 Å². The van der Waals surface area contributed by atoms with Crippen LogP contribution in [0.15, 0.2) is 16.8 Å². The molecule has 0 aromatic carbocycles. The Labute approximate surface area is 183 Å². The summed E-state index contributed by atoms with van der Waals surface area (Å²) in [4.78, 5) is 4.48. The van der Waals surface area contributed by atoms with Crippen molar-refractivity contribution >= 4 is 6.21 Å². The molecule has 3 nitrogen and oxygen atoms in total. The van der Waals surface area contributed by atoms with Crippen LogP contribution in [0.25, 0.3) is 0 Å². The Bertz CT molecular complexity index is 726. The summed E-state index contributed by atoms with van der Waals surface area (Å²) in [6.45, 7) is 7.23. The molecule has 2 N–H and O–H groups in total. The molecule has 5 aliphatic rings. The van der Waals surface area contributed by atoms with Crippen LogP contribution in [0.5, 0.6) is 0 Å². The summed E-state index contributed by atoms with van der Waals surface area (Å²) < 4.78 is 0. The third-order valence-corrected chi connectivity index (χ3v) is 11.0. The SMILES string of the molecule is C[C@]12CC[C@H]3[C@@H](CCC4C[C@@H](O)CC[C@@]43C)[C@@H]1CC[C@@H]2[C@](C)(O)CCC1=CCC=N1. The molecule has 0 radical (unpaired) electrons. The van der Waals surface area contributed by atoms with Crippen LogP contribution >= 0.6 is 0 Å². The summed E-state index contributed by atoms with van der Waals surface area (Å²) in [5, 5.41) is 21.9. The van der Waals surface area contributed by atoms with Gasteiger partial charge in [0, 0.05) is 18.3 Å². The number of aliphatic hydroxyl groups is 2. The number of nitrogens with zero attached hydrogens (tertiary/aromatic N) is 1. The predicted octanol–water partition coefficient (Wildman–Crippen LogP) is 5.90. The normalized spacial score (nSPS) is 49.7. The van der Waals surface area contributed by atoms with Crippen LogP contribution in [0.1, 0.15) is 97.8 Å². The van der Waals surface area contributed by atoms with Crippen molar-refractivity contribution in [1.29, 1.82) is 0 Å². The van der Waals surface area contributed by atoms with Crippen LogP contribution in [-0.2, 0) is 0 Å². The van der Waals surface area contributed by atoms with E-state index >= 15 is 0 Å². The predicted molar refractivity (Wildman–Crippen MR) is 122 cm³/mol. The van der Waals surface area contributed by atoms with Crippen LogP contribution in [0, 0.1) is 40.4 Å². The van der Waals surface area contributed by atoms with E-state index in [0.29, 0.717) is 11.3 Å². The molecule has 5 rings (SSSR count). The second-order valence-electron chi connectivity index (χ2n) is 12.4. The standard InChI is InChI=1S/C27H43NO2/c1-25-13-11-20(29)17-18(25)6-7-21-22-8-9-24(26(22,2)14-12-23(21)25)27(3,30)15-10-19-5-4-16-28-19/h5,16,18,20-24,29-30H,4,6-15,17H2,1-3H3/t18?,20-,21-,22-,23-,24-,25-,26-,27+/m0/s1. The van der Waals surface area contributed by atoms with Gasteiger partial charge in [-0.25, -0.2) is 0 Å². The molecule has 3 heteroatoms. The van der Waals surface area contributed by atoms with Crippen molar-refractivity contribution in [3.63, 3.8) is 0 Å². The van der Waals surface area contributed by atoms with Crippen molar-refractivity contribution in [3.8, 4) is 0 Å². The number of rotatable bonds is 4. The maximum absolute atomic E-state index is 11.6. The Balaban J connectivity index is 1.33. The first-order valence-corrected chi connectivity index (χ1v) is 12.9. The molecule has 4 fully saturated rings. The Hall–Kier alpha value is -0.670. The van der Waals surface area contributed by atoms with Crippen LogP contribution in [0.2, 0.25) is 0 Å². The van der Waals surface area contributed by atoms with E-state index in [0.717, 1.165) is 55.8 Å². The smallest absolute Gasteiger partial charge is 0.0656 e. The highest BCUT2D eigenvalue weighted by Crippen LogP contribution is 2.68. The molecule has 9 atom stereocenters. The summed E-state index contributed by atoms with van der Waals surface area (Å²) in [6.07, 6.45) is 17.9. The lowest BCUT2D eigenvalue weighted by atomic mass is 9.44. The molecule has 1 unspecified atom stereocenters. The Morgan fingerprint density at radius 1 is 1.03 bits per heavy atom. The summed E-state index contributed by atoms with van der Waals surface area (Å²) in [7, 11) is 0. The number of hydrogen-bond acceptors (Lipinski definition) is 3. The number of fused-ring (bicyclic) bond motifs is 5. The van der Waals surface area contributed by atoms with E-state index in [4.69, 9.17) is 0 Å². The van der Waals surface area contributed by atoms with E-state index in [-0.39, 0.29) is 11.5 Å². The zero-order valence-corrected chi connectivity index (χ0v) is 19.4. The first-order chi connectivity index (χ1) is 14.2. The van der Waals surface area contributed by atoms with E-state index in [1.807, 2.05) is 6.21 Å². The molecule has 30 heavy (non-hydrogen) atoms. The minimum absolute atomic E-state index is 0.0567. The van der Waals surface area contributed by atoms with Crippen molar-refractivity contribution in [2.75, 3.05) is 0 Å². The average Bonchev–Trinajstić information content (AvgIpc) is 3.34. The van der Waals surface area contributed by atoms with E-state index in [2.05, 4.69) is 31.8 Å². The minimum atomic E-state index is -0.592. The van der Waals surface area contributed by atoms with E-state index in [9.17, 15) is 10.2 Å². The van der Waals surface area contributed by atoms with Crippen molar-refractivity contribution in [2.24, 2.45) is 45.4 Å². The highest BCUT2D eigenvalue weighted by molar-refractivity contribution is 5.64. The second kappa shape index (κ2) is 7.44. The molecule has 1 aliphatic heterocycles. The molecule has 0 aromatic rings. The lowest BCUT2D eigenvalue weighted by Crippen LogP contribution is -2.55. The lowest BCUT2D eigenvalue weighted by molar-refractivity contribution is -0.144.